The van der Waals surface area contributed by atoms with Crippen LogP contribution in [0.25, 0.3) is 0 Å². The van der Waals surface area contributed by atoms with Gasteiger partial charge in [-0.2, -0.15) is 5.10 Å². The standard InChI is InChI=1S/C10H20N4O2/c1-13(2)4-5-14-10(8(15)6-11)9(16-3)7-12-14/h7-8,15H,4-6,11H2,1-3H3. The lowest BCUT2D eigenvalue weighted by molar-refractivity contribution is 0.169. The van der Waals surface area contributed by atoms with E-state index >= 15 is 0 Å². The van der Waals surface area contributed by atoms with Crippen molar-refractivity contribution in [1.82, 2.24) is 14.7 Å². The van der Waals surface area contributed by atoms with Crippen LogP contribution in [0.1, 0.15) is 11.8 Å². The number of likely N-dealkylation sites (N-methyl/N-ethyl adjacent to an activating group) is 1. The van der Waals surface area contributed by atoms with Gasteiger partial charge in [-0.05, 0) is 14.1 Å². The average Bonchev–Trinajstić information content (AvgIpc) is 2.68. The summed E-state index contributed by atoms with van der Waals surface area (Å²) in [5.74, 6) is 0.580. The van der Waals surface area contributed by atoms with Crippen LogP contribution in [0.3, 0.4) is 0 Å². The number of rotatable bonds is 6. The van der Waals surface area contributed by atoms with Gasteiger partial charge in [-0.1, -0.05) is 0 Å². The molecule has 0 aliphatic heterocycles. The SMILES string of the molecule is COc1cnn(CCN(C)C)c1C(O)CN. The average molecular weight is 228 g/mol. The summed E-state index contributed by atoms with van der Waals surface area (Å²) in [5, 5.41) is 14.0. The van der Waals surface area contributed by atoms with Crippen molar-refractivity contribution < 1.29 is 9.84 Å². The summed E-state index contributed by atoms with van der Waals surface area (Å²) < 4.78 is 6.88. The summed E-state index contributed by atoms with van der Waals surface area (Å²) in [5.41, 5.74) is 6.10. The van der Waals surface area contributed by atoms with Gasteiger partial charge in [0.25, 0.3) is 0 Å². The Morgan fingerprint density at radius 3 is 2.81 bits per heavy atom. The minimum Gasteiger partial charge on any atom is -0.493 e. The first-order valence-electron chi connectivity index (χ1n) is 5.22. The predicted molar refractivity (Wildman–Crippen MR) is 61.3 cm³/mol. The van der Waals surface area contributed by atoms with Gasteiger partial charge in [0.1, 0.15) is 11.8 Å². The van der Waals surface area contributed by atoms with E-state index in [0.717, 1.165) is 6.54 Å². The van der Waals surface area contributed by atoms with Crippen LogP contribution < -0.4 is 10.5 Å². The lowest BCUT2D eigenvalue weighted by atomic mass is 10.2. The van der Waals surface area contributed by atoms with Crippen LogP contribution in [-0.2, 0) is 6.54 Å². The molecule has 0 aliphatic rings. The number of nitrogens with zero attached hydrogens (tertiary/aromatic N) is 3. The van der Waals surface area contributed by atoms with Crippen LogP contribution in [0, 0.1) is 0 Å². The molecule has 0 saturated carbocycles. The molecule has 0 spiro atoms. The number of aromatic nitrogens is 2. The quantitative estimate of drug-likeness (QED) is 0.683. The minimum atomic E-state index is -0.736. The van der Waals surface area contributed by atoms with Crippen LogP contribution in [0.5, 0.6) is 5.75 Å². The number of aliphatic hydroxyl groups excluding tert-OH is 1. The summed E-state index contributed by atoms with van der Waals surface area (Å²) in [6.45, 7) is 1.70. The number of hydrogen-bond donors (Lipinski definition) is 2. The second kappa shape index (κ2) is 5.83. The Kier molecular flexibility index (Phi) is 4.72. The van der Waals surface area contributed by atoms with E-state index in [0.29, 0.717) is 18.0 Å². The van der Waals surface area contributed by atoms with E-state index in [-0.39, 0.29) is 6.54 Å². The van der Waals surface area contributed by atoms with Crippen molar-refractivity contribution in [1.29, 1.82) is 0 Å². The maximum Gasteiger partial charge on any atom is 0.162 e. The number of aliphatic hydroxyl groups is 1. The molecule has 0 aliphatic carbocycles. The third kappa shape index (κ3) is 2.94. The predicted octanol–water partition coefficient (Wildman–Crippen LogP) is -0.555. The lowest BCUT2D eigenvalue weighted by Crippen LogP contribution is -2.23. The summed E-state index contributed by atoms with van der Waals surface area (Å²) in [7, 11) is 5.53. The van der Waals surface area contributed by atoms with Crippen LogP contribution in [0.4, 0.5) is 0 Å². The zero-order valence-electron chi connectivity index (χ0n) is 10.1. The first kappa shape index (κ1) is 13.0. The molecular weight excluding hydrogens is 208 g/mol. The largest absolute Gasteiger partial charge is 0.493 e. The van der Waals surface area contributed by atoms with Crippen molar-refractivity contribution in [2.45, 2.75) is 12.6 Å². The summed E-state index contributed by atoms with van der Waals surface area (Å²) in [4.78, 5) is 2.05. The highest BCUT2D eigenvalue weighted by Crippen LogP contribution is 2.23. The Bertz CT molecular complexity index is 325. The third-order valence-corrected chi connectivity index (χ3v) is 2.36. The van der Waals surface area contributed by atoms with Gasteiger partial charge in [-0.3, -0.25) is 4.68 Å². The minimum absolute atomic E-state index is 0.157. The highest BCUT2D eigenvalue weighted by Gasteiger charge is 2.18. The maximum absolute atomic E-state index is 9.80. The first-order chi connectivity index (χ1) is 7.60. The Hall–Kier alpha value is -1.11. The van der Waals surface area contributed by atoms with E-state index in [1.54, 1.807) is 18.0 Å². The Morgan fingerprint density at radius 2 is 2.31 bits per heavy atom. The molecule has 6 nitrogen and oxygen atoms in total. The molecule has 0 amide bonds. The topological polar surface area (TPSA) is 76.5 Å². The van der Waals surface area contributed by atoms with Crippen molar-refractivity contribution >= 4 is 0 Å². The van der Waals surface area contributed by atoms with Gasteiger partial charge in [-0.25, -0.2) is 0 Å². The molecule has 0 saturated heterocycles. The van der Waals surface area contributed by atoms with Crippen molar-refractivity contribution in [2.75, 3.05) is 34.3 Å². The van der Waals surface area contributed by atoms with Crippen LogP contribution in [0.15, 0.2) is 6.20 Å². The number of ether oxygens (including phenoxy) is 1. The normalized spacial score (nSPS) is 13.1. The fraction of sp³-hybridized carbons (Fsp3) is 0.700. The van der Waals surface area contributed by atoms with Gasteiger partial charge in [0.05, 0.1) is 19.9 Å². The van der Waals surface area contributed by atoms with Gasteiger partial charge in [0, 0.05) is 13.1 Å². The molecule has 6 heteroatoms. The molecule has 1 aromatic heterocycles. The van der Waals surface area contributed by atoms with Gasteiger partial charge < -0.3 is 20.5 Å². The Balaban J connectivity index is 2.86. The van der Waals surface area contributed by atoms with Crippen molar-refractivity contribution in [3.05, 3.63) is 11.9 Å². The molecule has 92 valence electrons. The molecule has 16 heavy (non-hydrogen) atoms. The fourth-order valence-electron chi connectivity index (χ4n) is 1.46. The van der Waals surface area contributed by atoms with Gasteiger partial charge in [0.2, 0.25) is 0 Å². The summed E-state index contributed by atoms with van der Waals surface area (Å²) >= 11 is 0. The molecule has 0 aromatic carbocycles. The smallest absolute Gasteiger partial charge is 0.162 e. The third-order valence-electron chi connectivity index (χ3n) is 2.36. The maximum atomic E-state index is 9.80. The molecule has 0 radical (unpaired) electrons. The monoisotopic (exact) mass is 228 g/mol. The highest BCUT2D eigenvalue weighted by molar-refractivity contribution is 5.27. The van der Waals surface area contributed by atoms with Crippen molar-refractivity contribution in [3.8, 4) is 5.75 Å². The molecule has 3 N–H and O–H groups in total. The van der Waals surface area contributed by atoms with Crippen LogP contribution >= 0.6 is 0 Å². The van der Waals surface area contributed by atoms with Crippen molar-refractivity contribution in [2.24, 2.45) is 5.73 Å². The van der Waals surface area contributed by atoms with Gasteiger partial charge in [-0.15, -0.1) is 0 Å². The molecule has 1 aromatic rings. The summed E-state index contributed by atoms with van der Waals surface area (Å²) in [6, 6.07) is 0. The van der Waals surface area contributed by atoms with E-state index in [4.69, 9.17) is 10.5 Å². The number of methoxy groups -OCH3 is 1. The van der Waals surface area contributed by atoms with Crippen molar-refractivity contribution in [3.63, 3.8) is 0 Å². The van der Waals surface area contributed by atoms with Gasteiger partial charge in [0.15, 0.2) is 5.75 Å². The van der Waals surface area contributed by atoms with Crippen LogP contribution in [0.2, 0.25) is 0 Å². The first-order valence-corrected chi connectivity index (χ1v) is 5.22. The lowest BCUT2D eigenvalue weighted by Gasteiger charge is -2.15. The fourth-order valence-corrected chi connectivity index (χ4v) is 1.46. The van der Waals surface area contributed by atoms with E-state index in [2.05, 4.69) is 5.10 Å². The summed E-state index contributed by atoms with van der Waals surface area (Å²) in [6.07, 6.45) is 0.865. The second-order valence-electron chi connectivity index (χ2n) is 3.88. The zero-order valence-corrected chi connectivity index (χ0v) is 10.1. The Labute approximate surface area is 95.6 Å². The number of nitrogens with two attached hydrogens (primary N) is 1. The van der Waals surface area contributed by atoms with Gasteiger partial charge >= 0.3 is 0 Å². The van der Waals surface area contributed by atoms with E-state index < -0.39 is 6.10 Å². The zero-order chi connectivity index (χ0) is 12.1. The Morgan fingerprint density at radius 1 is 1.62 bits per heavy atom. The molecule has 1 rings (SSSR count). The van der Waals surface area contributed by atoms with E-state index in [1.165, 1.54) is 0 Å². The highest BCUT2D eigenvalue weighted by atomic mass is 16.5. The van der Waals surface area contributed by atoms with E-state index in [9.17, 15) is 5.11 Å². The molecule has 1 heterocycles. The molecule has 0 fully saturated rings. The van der Waals surface area contributed by atoms with E-state index in [1.807, 2.05) is 19.0 Å². The molecular formula is C10H20N4O2. The second-order valence-corrected chi connectivity index (χ2v) is 3.88. The van der Waals surface area contributed by atoms with Crippen LogP contribution in [-0.4, -0.2) is 54.1 Å². The molecule has 1 atom stereocenters. The number of hydrogen-bond acceptors (Lipinski definition) is 5. The molecule has 1 unspecified atom stereocenters. The molecule has 0 bridgehead atoms.